The number of allylic oxidation sites excluding steroid dienone is 1. The zero-order valence-corrected chi connectivity index (χ0v) is 13.8. The Kier molecular flexibility index (Phi) is 4.35. The lowest BCUT2D eigenvalue weighted by atomic mass is 9.77. The van der Waals surface area contributed by atoms with E-state index in [4.69, 9.17) is 4.74 Å². The van der Waals surface area contributed by atoms with Gasteiger partial charge < -0.3 is 20.1 Å². The summed E-state index contributed by atoms with van der Waals surface area (Å²) in [5.74, 6) is 0.445. The van der Waals surface area contributed by atoms with Crippen LogP contribution in [0.1, 0.15) is 43.6 Å². The smallest absolute Gasteiger partial charge is 0.156 e. The number of phenolic OH excluding ortho intramolecular Hbond substituents is 1. The summed E-state index contributed by atoms with van der Waals surface area (Å²) in [6, 6.07) is 13.9. The molecule has 3 N–H and O–H groups in total. The van der Waals surface area contributed by atoms with Crippen LogP contribution in [0.2, 0.25) is 0 Å². The van der Waals surface area contributed by atoms with Crippen LogP contribution in [0.4, 0.5) is 0 Å². The Morgan fingerprint density at radius 3 is 2.54 bits per heavy atom. The van der Waals surface area contributed by atoms with Crippen LogP contribution in [0.25, 0.3) is 0 Å². The first-order valence-electron chi connectivity index (χ1n) is 8.00. The number of rotatable bonds is 3. The van der Waals surface area contributed by atoms with Crippen LogP contribution in [0.3, 0.4) is 0 Å². The van der Waals surface area contributed by atoms with E-state index < -0.39 is 17.8 Å². The van der Waals surface area contributed by atoms with Crippen LogP contribution in [0, 0.1) is 0 Å². The van der Waals surface area contributed by atoms with E-state index in [1.54, 1.807) is 6.07 Å². The van der Waals surface area contributed by atoms with Crippen molar-refractivity contribution in [2.45, 2.75) is 38.1 Å². The molecule has 3 unspecified atom stereocenters. The van der Waals surface area contributed by atoms with Crippen molar-refractivity contribution in [1.29, 1.82) is 0 Å². The SMILES string of the molecule is CC(C)=CCC1(O)C(O)c2ccc(O)cc2OC1c1ccccc1. The molecule has 1 heterocycles. The number of hydrogen-bond donors (Lipinski definition) is 3. The quantitative estimate of drug-likeness (QED) is 0.753. The van der Waals surface area contributed by atoms with Crippen molar-refractivity contribution < 1.29 is 20.1 Å². The Balaban J connectivity index is 2.11. The summed E-state index contributed by atoms with van der Waals surface area (Å²) in [6.45, 7) is 3.89. The Morgan fingerprint density at radius 1 is 1.17 bits per heavy atom. The van der Waals surface area contributed by atoms with Crippen LogP contribution in [0.5, 0.6) is 11.5 Å². The number of ether oxygens (including phenoxy) is 1. The summed E-state index contributed by atoms with van der Waals surface area (Å²) in [6.07, 6.45) is 0.297. The van der Waals surface area contributed by atoms with Gasteiger partial charge in [0.1, 0.15) is 23.2 Å². The zero-order chi connectivity index (χ0) is 17.3. The van der Waals surface area contributed by atoms with Gasteiger partial charge in [-0.05, 0) is 31.5 Å². The first kappa shape index (κ1) is 16.6. The average molecular weight is 326 g/mol. The Hall–Kier alpha value is -2.30. The van der Waals surface area contributed by atoms with Crippen LogP contribution >= 0.6 is 0 Å². The average Bonchev–Trinajstić information content (AvgIpc) is 2.57. The molecule has 0 saturated carbocycles. The van der Waals surface area contributed by atoms with E-state index in [9.17, 15) is 15.3 Å². The highest BCUT2D eigenvalue weighted by atomic mass is 16.5. The molecule has 2 aromatic carbocycles. The predicted molar refractivity (Wildman–Crippen MR) is 91.9 cm³/mol. The lowest BCUT2D eigenvalue weighted by Crippen LogP contribution is -2.47. The molecule has 0 aromatic heterocycles. The van der Waals surface area contributed by atoms with E-state index in [2.05, 4.69) is 0 Å². The van der Waals surface area contributed by atoms with E-state index in [1.807, 2.05) is 50.3 Å². The van der Waals surface area contributed by atoms with Gasteiger partial charge in [0.2, 0.25) is 0 Å². The highest BCUT2D eigenvalue weighted by molar-refractivity contribution is 5.46. The number of benzene rings is 2. The number of hydrogen-bond acceptors (Lipinski definition) is 4. The van der Waals surface area contributed by atoms with Crippen molar-refractivity contribution in [2.75, 3.05) is 0 Å². The molecule has 126 valence electrons. The second kappa shape index (κ2) is 6.30. The molecule has 0 amide bonds. The molecule has 4 heteroatoms. The summed E-state index contributed by atoms with van der Waals surface area (Å²) >= 11 is 0. The molecule has 1 aliphatic rings. The maximum absolute atomic E-state index is 11.3. The topological polar surface area (TPSA) is 69.9 Å². The van der Waals surface area contributed by atoms with Gasteiger partial charge in [0.05, 0.1) is 0 Å². The van der Waals surface area contributed by atoms with Crippen LogP contribution < -0.4 is 4.74 Å². The fraction of sp³-hybridized carbons (Fsp3) is 0.300. The Bertz CT molecular complexity index is 749. The van der Waals surface area contributed by atoms with Gasteiger partial charge in [-0.3, -0.25) is 0 Å². The molecule has 0 spiro atoms. The summed E-state index contributed by atoms with van der Waals surface area (Å²) in [4.78, 5) is 0. The van der Waals surface area contributed by atoms with Gasteiger partial charge in [0.25, 0.3) is 0 Å². The van der Waals surface area contributed by atoms with Gasteiger partial charge in [-0.1, -0.05) is 42.0 Å². The van der Waals surface area contributed by atoms with E-state index in [0.29, 0.717) is 11.3 Å². The molecule has 2 aromatic rings. The predicted octanol–water partition coefficient (Wildman–Crippen LogP) is 3.65. The van der Waals surface area contributed by atoms with Gasteiger partial charge in [0.15, 0.2) is 6.10 Å². The third-order valence-electron chi connectivity index (χ3n) is 4.40. The molecule has 1 aliphatic heterocycles. The number of aliphatic hydroxyl groups is 2. The van der Waals surface area contributed by atoms with Gasteiger partial charge in [0, 0.05) is 18.1 Å². The molecule has 24 heavy (non-hydrogen) atoms. The monoisotopic (exact) mass is 326 g/mol. The van der Waals surface area contributed by atoms with Gasteiger partial charge >= 0.3 is 0 Å². The first-order valence-corrected chi connectivity index (χ1v) is 8.00. The number of phenols is 1. The highest BCUT2D eigenvalue weighted by Crippen LogP contribution is 2.50. The van der Waals surface area contributed by atoms with Gasteiger partial charge in [-0.2, -0.15) is 0 Å². The van der Waals surface area contributed by atoms with Crippen LogP contribution in [0.15, 0.2) is 60.2 Å². The fourth-order valence-electron chi connectivity index (χ4n) is 3.06. The molecule has 0 fully saturated rings. The first-order chi connectivity index (χ1) is 11.4. The molecule has 4 nitrogen and oxygen atoms in total. The third-order valence-corrected chi connectivity index (χ3v) is 4.40. The normalized spacial score (nSPS) is 25.5. The number of fused-ring (bicyclic) bond motifs is 1. The summed E-state index contributed by atoms with van der Waals surface area (Å²) < 4.78 is 6.02. The molecule has 0 aliphatic carbocycles. The summed E-state index contributed by atoms with van der Waals surface area (Å²) in [5.41, 5.74) is 0.807. The van der Waals surface area contributed by atoms with Crippen LogP contribution in [-0.4, -0.2) is 20.9 Å². The van der Waals surface area contributed by atoms with E-state index in [0.717, 1.165) is 11.1 Å². The molecule has 0 saturated heterocycles. The standard InChI is InChI=1S/C20H22O4/c1-13(2)10-11-20(23)18(22)16-9-8-15(21)12-17(16)24-19(20)14-6-4-3-5-7-14/h3-10,12,18-19,21-23H,11H2,1-2H3. The van der Waals surface area contributed by atoms with Crippen molar-refractivity contribution in [2.24, 2.45) is 0 Å². The molecule has 3 rings (SSSR count). The van der Waals surface area contributed by atoms with Gasteiger partial charge in [-0.15, -0.1) is 0 Å². The second-order valence-corrected chi connectivity index (χ2v) is 6.51. The summed E-state index contributed by atoms with van der Waals surface area (Å²) in [5, 5.41) is 31.9. The van der Waals surface area contributed by atoms with Crippen LogP contribution in [-0.2, 0) is 0 Å². The van der Waals surface area contributed by atoms with E-state index >= 15 is 0 Å². The Morgan fingerprint density at radius 2 is 1.88 bits per heavy atom. The third kappa shape index (κ3) is 2.90. The minimum Gasteiger partial charge on any atom is -0.508 e. The lowest BCUT2D eigenvalue weighted by Gasteiger charge is -2.44. The molecular weight excluding hydrogens is 304 g/mol. The fourth-order valence-corrected chi connectivity index (χ4v) is 3.06. The largest absolute Gasteiger partial charge is 0.508 e. The van der Waals surface area contributed by atoms with Crippen molar-refractivity contribution in [3.63, 3.8) is 0 Å². The van der Waals surface area contributed by atoms with Crippen molar-refractivity contribution in [3.05, 3.63) is 71.3 Å². The van der Waals surface area contributed by atoms with Crippen molar-refractivity contribution in [3.8, 4) is 11.5 Å². The number of aromatic hydroxyl groups is 1. The minimum atomic E-state index is -1.50. The van der Waals surface area contributed by atoms with E-state index in [-0.39, 0.29) is 12.2 Å². The molecule has 0 bridgehead atoms. The second-order valence-electron chi connectivity index (χ2n) is 6.51. The maximum atomic E-state index is 11.3. The van der Waals surface area contributed by atoms with E-state index in [1.165, 1.54) is 12.1 Å². The highest BCUT2D eigenvalue weighted by Gasteiger charge is 2.50. The minimum absolute atomic E-state index is 0.0579. The number of aliphatic hydroxyl groups excluding tert-OH is 1. The van der Waals surface area contributed by atoms with Crippen molar-refractivity contribution >= 4 is 0 Å². The molecule has 0 radical (unpaired) electrons. The molecule has 3 atom stereocenters. The summed E-state index contributed by atoms with van der Waals surface area (Å²) in [7, 11) is 0. The van der Waals surface area contributed by atoms with Crippen molar-refractivity contribution in [1.82, 2.24) is 0 Å². The molecular formula is C20H22O4. The maximum Gasteiger partial charge on any atom is 0.156 e. The Labute approximate surface area is 141 Å². The van der Waals surface area contributed by atoms with Gasteiger partial charge in [-0.25, -0.2) is 0 Å². The zero-order valence-electron chi connectivity index (χ0n) is 13.8. The lowest BCUT2D eigenvalue weighted by molar-refractivity contribution is -0.154.